The van der Waals surface area contributed by atoms with Crippen LogP contribution in [0.5, 0.6) is 0 Å². The molecule has 0 fully saturated rings. The highest BCUT2D eigenvalue weighted by Crippen LogP contribution is 2.27. The highest BCUT2D eigenvalue weighted by atomic mass is 16.2. The third kappa shape index (κ3) is 3.29. The van der Waals surface area contributed by atoms with Crippen LogP contribution in [0, 0.1) is 0 Å². The largest absolute Gasteiger partial charge is 0.309 e. The molecule has 27 heavy (non-hydrogen) atoms. The number of para-hydroxylation sites is 2. The maximum absolute atomic E-state index is 13.5. The van der Waals surface area contributed by atoms with Crippen molar-refractivity contribution in [2.24, 2.45) is 0 Å². The Morgan fingerprint density at radius 2 is 1.63 bits per heavy atom. The average molecular weight is 353 g/mol. The zero-order valence-electron chi connectivity index (χ0n) is 15.0. The maximum Gasteiger partial charge on any atom is 0.259 e. The van der Waals surface area contributed by atoms with Crippen LogP contribution in [0.25, 0.3) is 22.2 Å². The van der Waals surface area contributed by atoms with Crippen LogP contribution in [-0.4, -0.2) is 22.4 Å². The van der Waals surface area contributed by atoms with Crippen molar-refractivity contribution in [3.63, 3.8) is 0 Å². The van der Waals surface area contributed by atoms with E-state index in [1.807, 2.05) is 79.7 Å². The molecular weight excluding hydrogens is 334 g/mol. The standard InChI is InChI=1S/C23H19N3O/c1-2-26(18-8-4-3-5-9-18)23(27)20-16-22(17-12-14-24-15-13-17)25-21-11-7-6-10-19(20)21/h3-16H,2H2,1H3. The van der Waals surface area contributed by atoms with Crippen molar-refractivity contribution < 1.29 is 4.79 Å². The number of nitrogens with zero attached hydrogens (tertiary/aromatic N) is 3. The Morgan fingerprint density at radius 3 is 2.37 bits per heavy atom. The van der Waals surface area contributed by atoms with Gasteiger partial charge in [-0.1, -0.05) is 36.4 Å². The Morgan fingerprint density at radius 1 is 0.926 bits per heavy atom. The summed E-state index contributed by atoms with van der Waals surface area (Å²) in [5.41, 5.74) is 4.05. The Bertz CT molecular complexity index is 1080. The molecule has 0 unspecified atom stereocenters. The van der Waals surface area contributed by atoms with E-state index in [9.17, 15) is 4.79 Å². The topological polar surface area (TPSA) is 46.1 Å². The predicted molar refractivity (Wildman–Crippen MR) is 109 cm³/mol. The van der Waals surface area contributed by atoms with Crippen molar-refractivity contribution in [2.75, 3.05) is 11.4 Å². The zero-order valence-corrected chi connectivity index (χ0v) is 15.0. The van der Waals surface area contributed by atoms with E-state index in [0.29, 0.717) is 12.1 Å². The average Bonchev–Trinajstić information content (AvgIpc) is 2.75. The summed E-state index contributed by atoms with van der Waals surface area (Å²) >= 11 is 0. The van der Waals surface area contributed by atoms with Crippen LogP contribution < -0.4 is 4.90 Å². The van der Waals surface area contributed by atoms with Crippen molar-refractivity contribution in [1.82, 2.24) is 9.97 Å². The number of rotatable bonds is 4. The first kappa shape index (κ1) is 16.9. The van der Waals surface area contributed by atoms with Gasteiger partial charge in [0.2, 0.25) is 0 Å². The number of pyridine rings is 2. The third-order valence-electron chi connectivity index (χ3n) is 4.55. The van der Waals surface area contributed by atoms with Crippen LogP contribution in [0.4, 0.5) is 5.69 Å². The number of carbonyl (C=O) groups is 1. The van der Waals surface area contributed by atoms with Gasteiger partial charge in [0, 0.05) is 35.6 Å². The lowest BCUT2D eigenvalue weighted by Gasteiger charge is -2.22. The van der Waals surface area contributed by atoms with E-state index in [0.717, 1.165) is 27.8 Å². The molecule has 0 radical (unpaired) electrons. The van der Waals surface area contributed by atoms with Crippen LogP contribution in [0.2, 0.25) is 0 Å². The molecule has 0 aliphatic carbocycles. The fraction of sp³-hybridized carbons (Fsp3) is 0.0870. The van der Waals surface area contributed by atoms with Crippen LogP contribution in [0.15, 0.2) is 85.2 Å². The summed E-state index contributed by atoms with van der Waals surface area (Å²) in [7, 11) is 0. The van der Waals surface area contributed by atoms with Gasteiger partial charge in [0.1, 0.15) is 0 Å². The molecule has 2 heterocycles. The second-order valence-corrected chi connectivity index (χ2v) is 6.19. The highest BCUT2D eigenvalue weighted by Gasteiger charge is 2.20. The number of benzene rings is 2. The van der Waals surface area contributed by atoms with E-state index in [-0.39, 0.29) is 5.91 Å². The summed E-state index contributed by atoms with van der Waals surface area (Å²) in [6, 6.07) is 23.2. The molecule has 2 aromatic carbocycles. The molecule has 0 saturated heterocycles. The molecule has 132 valence electrons. The molecule has 4 aromatic rings. The van der Waals surface area contributed by atoms with Gasteiger partial charge in [-0.2, -0.15) is 0 Å². The predicted octanol–water partition coefficient (Wildman–Crippen LogP) is 4.96. The lowest BCUT2D eigenvalue weighted by Crippen LogP contribution is -2.30. The van der Waals surface area contributed by atoms with Crippen molar-refractivity contribution in [3.8, 4) is 11.3 Å². The summed E-state index contributed by atoms with van der Waals surface area (Å²) in [5, 5.41) is 0.856. The highest BCUT2D eigenvalue weighted by molar-refractivity contribution is 6.14. The van der Waals surface area contributed by atoms with Crippen LogP contribution in [-0.2, 0) is 0 Å². The molecule has 0 aliphatic rings. The number of carbonyl (C=O) groups excluding carboxylic acids is 1. The van der Waals surface area contributed by atoms with Crippen molar-refractivity contribution in [3.05, 3.63) is 90.8 Å². The Kier molecular flexibility index (Phi) is 4.62. The molecule has 0 saturated carbocycles. The minimum absolute atomic E-state index is 0.0300. The fourth-order valence-corrected chi connectivity index (χ4v) is 3.22. The normalized spacial score (nSPS) is 10.7. The number of amides is 1. The fourth-order valence-electron chi connectivity index (χ4n) is 3.22. The molecule has 0 spiro atoms. The monoisotopic (exact) mass is 353 g/mol. The van der Waals surface area contributed by atoms with E-state index in [1.165, 1.54) is 0 Å². The van der Waals surface area contributed by atoms with Gasteiger partial charge in [0.15, 0.2) is 0 Å². The molecule has 1 amide bonds. The van der Waals surface area contributed by atoms with Gasteiger partial charge in [-0.15, -0.1) is 0 Å². The molecule has 0 atom stereocenters. The van der Waals surface area contributed by atoms with E-state index >= 15 is 0 Å². The Labute approximate surface area is 158 Å². The quantitative estimate of drug-likeness (QED) is 0.521. The van der Waals surface area contributed by atoms with Crippen LogP contribution in [0.3, 0.4) is 0 Å². The van der Waals surface area contributed by atoms with E-state index in [4.69, 9.17) is 4.98 Å². The van der Waals surface area contributed by atoms with Gasteiger partial charge in [-0.05, 0) is 43.3 Å². The molecular formula is C23H19N3O. The van der Waals surface area contributed by atoms with Gasteiger partial charge in [-0.3, -0.25) is 9.78 Å². The summed E-state index contributed by atoms with van der Waals surface area (Å²) in [6.45, 7) is 2.57. The molecule has 4 nitrogen and oxygen atoms in total. The van der Waals surface area contributed by atoms with E-state index in [2.05, 4.69) is 4.98 Å². The number of fused-ring (bicyclic) bond motifs is 1. The first-order chi connectivity index (χ1) is 13.3. The van der Waals surface area contributed by atoms with Gasteiger partial charge in [0.05, 0.1) is 16.8 Å². The Hall–Kier alpha value is -3.53. The molecule has 0 aliphatic heterocycles. The minimum atomic E-state index is -0.0300. The second kappa shape index (κ2) is 7.38. The molecule has 4 rings (SSSR count). The number of aromatic nitrogens is 2. The summed E-state index contributed by atoms with van der Waals surface area (Å²) in [6.07, 6.45) is 3.46. The van der Waals surface area contributed by atoms with Gasteiger partial charge in [-0.25, -0.2) is 4.98 Å². The molecule has 0 bridgehead atoms. The molecule has 0 N–H and O–H groups in total. The molecule has 2 aromatic heterocycles. The smallest absolute Gasteiger partial charge is 0.259 e. The summed E-state index contributed by atoms with van der Waals surface area (Å²) in [5.74, 6) is -0.0300. The lowest BCUT2D eigenvalue weighted by molar-refractivity contribution is 0.0990. The van der Waals surface area contributed by atoms with Crippen LogP contribution in [0.1, 0.15) is 17.3 Å². The van der Waals surface area contributed by atoms with Crippen LogP contribution >= 0.6 is 0 Å². The van der Waals surface area contributed by atoms with Gasteiger partial charge < -0.3 is 4.90 Å². The third-order valence-corrected chi connectivity index (χ3v) is 4.55. The van der Waals surface area contributed by atoms with Gasteiger partial charge >= 0.3 is 0 Å². The zero-order chi connectivity index (χ0) is 18.6. The first-order valence-electron chi connectivity index (χ1n) is 8.95. The first-order valence-corrected chi connectivity index (χ1v) is 8.95. The van der Waals surface area contributed by atoms with E-state index in [1.54, 1.807) is 17.3 Å². The SMILES string of the molecule is CCN(C(=O)c1cc(-c2ccncc2)nc2ccccc12)c1ccccc1. The van der Waals surface area contributed by atoms with Gasteiger partial charge in [0.25, 0.3) is 5.91 Å². The molecule has 4 heteroatoms. The Balaban J connectivity index is 1.88. The lowest BCUT2D eigenvalue weighted by atomic mass is 10.0. The van der Waals surface area contributed by atoms with Crippen molar-refractivity contribution in [1.29, 1.82) is 0 Å². The second-order valence-electron chi connectivity index (χ2n) is 6.19. The number of hydrogen-bond donors (Lipinski definition) is 0. The van der Waals surface area contributed by atoms with Crippen molar-refractivity contribution in [2.45, 2.75) is 6.92 Å². The van der Waals surface area contributed by atoms with E-state index < -0.39 is 0 Å². The number of hydrogen-bond acceptors (Lipinski definition) is 3. The summed E-state index contributed by atoms with van der Waals surface area (Å²) in [4.78, 5) is 24.1. The summed E-state index contributed by atoms with van der Waals surface area (Å²) < 4.78 is 0. The number of anilines is 1. The maximum atomic E-state index is 13.5. The minimum Gasteiger partial charge on any atom is -0.309 e. The van der Waals surface area contributed by atoms with Crippen molar-refractivity contribution >= 4 is 22.5 Å².